The highest BCUT2D eigenvalue weighted by atomic mass is 15.3. The van der Waals surface area contributed by atoms with Crippen molar-refractivity contribution in [2.24, 2.45) is 0 Å². The molecule has 2 aromatic carbocycles. The van der Waals surface area contributed by atoms with Crippen LogP contribution in [0.15, 0.2) is 66.9 Å². The van der Waals surface area contributed by atoms with Crippen LogP contribution in [0, 0.1) is 6.92 Å². The van der Waals surface area contributed by atoms with E-state index in [9.17, 15) is 0 Å². The lowest BCUT2D eigenvalue weighted by Crippen LogP contribution is -2.21. The quantitative estimate of drug-likeness (QED) is 0.744. The van der Waals surface area contributed by atoms with Crippen LogP contribution >= 0.6 is 0 Å². The van der Waals surface area contributed by atoms with Gasteiger partial charge in [0.05, 0.1) is 11.9 Å². The minimum atomic E-state index is 0.288. The van der Waals surface area contributed by atoms with Crippen LogP contribution in [0.4, 0.5) is 0 Å². The Kier molecular flexibility index (Phi) is 4.89. The smallest absolute Gasteiger partial charge is 0.0648 e. The Labute approximate surface area is 138 Å². The Morgan fingerprint density at radius 1 is 1.00 bits per heavy atom. The summed E-state index contributed by atoms with van der Waals surface area (Å²) >= 11 is 0. The molecule has 0 aliphatic rings. The molecule has 3 rings (SSSR count). The van der Waals surface area contributed by atoms with E-state index in [0.717, 1.165) is 18.7 Å². The average molecular weight is 305 g/mol. The lowest BCUT2D eigenvalue weighted by Gasteiger charge is -2.14. The van der Waals surface area contributed by atoms with Gasteiger partial charge in [0.15, 0.2) is 0 Å². The minimum absolute atomic E-state index is 0.288. The molecule has 118 valence electrons. The molecule has 0 bridgehead atoms. The van der Waals surface area contributed by atoms with Gasteiger partial charge in [0.1, 0.15) is 0 Å². The molecule has 3 heteroatoms. The van der Waals surface area contributed by atoms with Crippen molar-refractivity contribution < 1.29 is 0 Å². The Morgan fingerprint density at radius 3 is 2.35 bits per heavy atom. The molecule has 0 spiro atoms. The summed E-state index contributed by atoms with van der Waals surface area (Å²) in [5.41, 5.74) is 4.91. The summed E-state index contributed by atoms with van der Waals surface area (Å²) in [4.78, 5) is 0. The summed E-state index contributed by atoms with van der Waals surface area (Å²) in [6.45, 7) is 5.29. The summed E-state index contributed by atoms with van der Waals surface area (Å²) in [5, 5.41) is 8.15. The second kappa shape index (κ2) is 7.25. The maximum atomic E-state index is 4.55. The van der Waals surface area contributed by atoms with Crippen LogP contribution in [0.3, 0.4) is 0 Å². The highest BCUT2D eigenvalue weighted by Gasteiger charge is 2.13. The largest absolute Gasteiger partial charge is 0.310 e. The summed E-state index contributed by atoms with van der Waals surface area (Å²) in [6, 6.07) is 21.1. The van der Waals surface area contributed by atoms with E-state index in [-0.39, 0.29) is 6.04 Å². The number of benzene rings is 2. The third kappa shape index (κ3) is 3.69. The fourth-order valence-corrected chi connectivity index (χ4v) is 2.86. The van der Waals surface area contributed by atoms with Gasteiger partial charge in [0.25, 0.3) is 0 Å². The van der Waals surface area contributed by atoms with Crippen molar-refractivity contribution in [2.45, 2.75) is 26.3 Å². The molecule has 0 aliphatic heterocycles. The van der Waals surface area contributed by atoms with E-state index in [4.69, 9.17) is 0 Å². The molecule has 0 radical (unpaired) electrons. The van der Waals surface area contributed by atoms with Gasteiger partial charge in [-0.1, -0.05) is 48.5 Å². The van der Waals surface area contributed by atoms with Crippen LogP contribution in [0.25, 0.3) is 5.69 Å². The molecule has 3 nitrogen and oxygen atoms in total. The SMILES string of the molecule is Cc1c([C@H](C)NCCc2ccccc2)cnn1-c1ccccc1. The molecule has 0 amide bonds. The molecule has 23 heavy (non-hydrogen) atoms. The molecule has 1 aromatic heterocycles. The van der Waals surface area contributed by atoms with Gasteiger partial charge in [-0.2, -0.15) is 5.10 Å². The highest BCUT2D eigenvalue weighted by Crippen LogP contribution is 2.19. The lowest BCUT2D eigenvalue weighted by atomic mass is 10.1. The zero-order chi connectivity index (χ0) is 16.1. The van der Waals surface area contributed by atoms with Gasteiger partial charge in [0.2, 0.25) is 0 Å². The van der Waals surface area contributed by atoms with Gasteiger partial charge in [-0.3, -0.25) is 0 Å². The third-order valence-electron chi connectivity index (χ3n) is 4.22. The van der Waals surface area contributed by atoms with Crippen LogP contribution in [-0.2, 0) is 6.42 Å². The van der Waals surface area contributed by atoms with Crippen LogP contribution in [0.1, 0.15) is 29.8 Å². The summed E-state index contributed by atoms with van der Waals surface area (Å²) in [6.07, 6.45) is 3.01. The average Bonchev–Trinajstić information content (AvgIpc) is 2.98. The second-order valence-electron chi connectivity index (χ2n) is 5.84. The van der Waals surface area contributed by atoms with Crippen molar-refractivity contribution in [2.75, 3.05) is 6.54 Å². The minimum Gasteiger partial charge on any atom is -0.310 e. The monoisotopic (exact) mass is 305 g/mol. The first-order valence-corrected chi connectivity index (χ1v) is 8.13. The Balaban J connectivity index is 1.64. The Morgan fingerprint density at radius 2 is 1.65 bits per heavy atom. The van der Waals surface area contributed by atoms with Gasteiger partial charge in [0, 0.05) is 17.3 Å². The Hall–Kier alpha value is -2.39. The van der Waals surface area contributed by atoms with Crippen LogP contribution < -0.4 is 5.32 Å². The molecule has 0 saturated heterocycles. The summed E-state index contributed by atoms with van der Waals surface area (Å²) in [5.74, 6) is 0. The van der Waals surface area contributed by atoms with Gasteiger partial charge >= 0.3 is 0 Å². The van der Waals surface area contributed by atoms with Crippen molar-refractivity contribution in [1.29, 1.82) is 0 Å². The number of hydrogen-bond donors (Lipinski definition) is 1. The lowest BCUT2D eigenvalue weighted by molar-refractivity contribution is 0.574. The first-order chi connectivity index (χ1) is 11.3. The zero-order valence-electron chi connectivity index (χ0n) is 13.7. The van der Waals surface area contributed by atoms with E-state index in [0.29, 0.717) is 0 Å². The van der Waals surface area contributed by atoms with Crippen LogP contribution in [-0.4, -0.2) is 16.3 Å². The van der Waals surface area contributed by atoms with Gasteiger partial charge in [-0.05, 0) is 44.5 Å². The van der Waals surface area contributed by atoms with E-state index >= 15 is 0 Å². The standard InChI is InChI=1S/C20H23N3/c1-16(21-14-13-18-9-5-3-6-10-18)20-15-22-23(17(20)2)19-11-7-4-8-12-19/h3-12,15-16,21H,13-14H2,1-2H3/t16-/m0/s1. The molecule has 3 aromatic rings. The molecule has 1 atom stereocenters. The van der Waals surface area contributed by atoms with Crippen LogP contribution in [0.5, 0.6) is 0 Å². The molecule has 0 saturated carbocycles. The number of nitrogens with one attached hydrogen (secondary N) is 1. The van der Waals surface area contributed by atoms with Gasteiger partial charge in [-0.15, -0.1) is 0 Å². The number of para-hydroxylation sites is 1. The maximum Gasteiger partial charge on any atom is 0.0648 e. The normalized spacial score (nSPS) is 12.3. The highest BCUT2D eigenvalue weighted by molar-refractivity contribution is 5.35. The zero-order valence-corrected chi connectivity index (χ0v) is 13.7. The predicted octanol–water partition coefficient (Wildman–Crippen LogP) is 4.07. The predicted molar refractivity (Wildman–Crippen MR) is 94.9 cm³/mol. The molecular formula is C20H23N3. The Bertz CT molecular complexity index is 732. The fraction of sp³-hybridized carbons (Fsp3) is 0.250. The molecule has 0 aliphatic carbocycles. The number of hydrogen-bond acceptors (Lipinski definition) is 2. The molecule has 0 fully saturated rings. The van der Waals surface area contributed by atoms with E-state index < -0.39 is 0 Å². The number of nitrogens with zero attached hydrogens (tertiary/aromatic N) is 2. The fourth-order valence-electron chi connectivity index (χ4n) is 2.86. The summed E-state index contributed by atoms with van der Waals surface area (Å²) in [7, 11) is 0. The second-order valence-corrected chi connectivity index (χ2v) is 5.84. The van der Waals surface area contributed by atoms with E-state index in [1.54, 1.807) is 0 Å². The van der Waals surface area contributed by atoms with Gasteiger partial charge in [-0.25, -0.2) is 4.68 Å². The number of rotatable bonds is 6. The summed E-state index contributed by atoms with van der Waals surface area (Å²) < 4.78 is 2.00. The van der Waals surface area contributed by atoms with E-state index in [1.165, 1.54) is 16.8 Å². The first-order valence-electron chi connectivity index (χ1n) is 8.13. The molecule has 0 unspecified atom stereocenters. The van der Waals surface area contributed by atoms with Crippen molar-refractivity contribution in [3.8, 4) is 5.69 Å². The van der Waals surface area contributed by atoms with E-state index in [2.05, 4.69) is 66.7 Å². The van der Waals surface area contributed by atoms with Crippen molar-refractivity contribution in [3.05, 3.63) is 83.7 Å². The topological polar surface area (TPSA) is 29.9 Å². The van der Waals surface area contributed by atoms with Crippen LogP contribution in [0.2, 0.25) is 0 Å². The third-order valence-corrected chi connectivity index (χ3v) is 4.22. The maximum absolute atomic E-state index is 4.55. The van der Waals surface area contributed by atoms with Crippen molar-refractivity contribution in [1.82, 2.24) is 15.1 Å². The first kappa shape index (κ1) is 15.5. The van der Waals surface area contributed by atoms with Gasteiger partial charge < -0.3 is 5.32 Å². The van der Waals surface area contributed by atoms with Crippen molar-refractivity contribution in [3.63, 3.8) is 0 Å². The molecular weight excluding hydrogens is 282 g/mol. The molecule has 1 N–H and O–H groups in total. The molecule has 1 heterocycles. The van der Waals surface area contributed by atoms with E-state index in [1.807, 2.05) is 29.1 Å². The van der Waals surface area contributed by atoms with Crippen molar-refractivity contribution >= 4 is 0 Å². The number of aromatic nitrogens is 2.